The van der Waals surface area contributed by atoms with Gasteiger partial charge in [0.15, 0.2) is 0 Å². The first-order valence-corrected chi connectivity index (χ1v) is 12.8. The highest BCUT2D eigenvalue weighted by molar-refractivity contribution is 7.13. The van der Waals surface area contributed by atoms with Crippen molar-refractivity contribution in [3.63, 3.8) is 0 Å². The van der Waals surface area contributed by atoms with Gasteiger partial charge in [-0.15, -0.1) is 22.7 Å². The second-order valence-corrected chi connectivity index (χ2v) is 9.80. The number of methoxy groups -OCH3 is 1. The summed E-state index contributed by atoms with van der Waals surface area (Å²) in [5.41, 5.74) is 3.28. The van der Waals surface area contributed by atoms with Gasteiger partial charge in [-0.25, -0.2) is 4.98 Å². The van der Waals surface area contributed by atoms with Crippen LogP contribution < -0.4 is 9.47 Å². The Balaban J connectivity index is 1.41. The van der Waals surface area contributed by atoms with Gasteiger partial charge in [-0.3, -0.25) is 0 Å². The molecule has 0 N–H and O–H groups in total. The number of aromatic nitrogens is 1. The zero-order valence-electron chi connectivity index (χ0n) is 18.5. The van der Waals surface area contributed by atoms with Gasteiger partial charge in [0, 0.05) is 22.0 Å². The van der Waals surface area contributed by atoms with E-state index in [1.807, 2.05) is 17.6 Å². The lowest BCUT2D eigenvalue weighted by Crippen LogP contribution is -1.98. The largest absolute Gasteiger partial charge is 0.496 e. The van der Waals surface area contributed by atoms with E-state index >= 15 is 0 Å². The molecular weight excluding hydrogens is 458 g/mol. The monoisotopic (exact) mass is 479 g/mol. The quantitative estimate of drug-likeness (QED) is 0.240. The fourth-order valence-electron chi connectivity index (χ4n) is 4.38. The zero-order chi connectivity index (χ0) is 22.9. The average molecular weight is 480 g/mol. The molecule has 0 atom stereocenters. The van der Waals surface area contributed by atoms with Crippen molar-refractivity contribution < 1.29 is 9.47 Å². The Morgan fingerprint density at radius 1 is 0.735 bits per heavy atom. The summed E-state index contributed by atoms with van der Waals surface area (Å²) in [7, 11) is 1.71. The summed E-state index contributed by atoms with van der Waals surface area (Å²) < 4.78 is 12.1. The Hall–Kier alpha value is -3.67. The lowest BCUT2D eigenvalue weighted by atomic mass is 10.0. The van der Waals surface area contributed by atoms with E-state index in [2.05, 4.69) is 83.2 Å². The molecule has 0 saturated heterocycles. The Morgan fingerprint density at radius 3 is 2.35 bits per heavy atom. The molecule has 0 saturated carbocycles. The second-order valence-electron chi connectivity index (χ2n) is 7.96. The Kier molecular flexibility index (Phi) is 5.49. The van der Waals surface area contributed by atoms with Gasteiger partial charge in [0.25, 0.3) is 0 Å². The number of ether oxygens (including phenoxy) is 2. The third kappa shape index (κ3) is 3.73. The highest BCUT2D eigenvalue weighted by Crippen LogP contribution is 2.41. The van der Waals surface area contributed by atoms with E-state index in [1.54, 1.807) is 29.8 Å². The van der Waals surface area contributed by atoms with Crippen LogP contribution in [0.25, 0.3) is 42.6 Å². The molecule has 6 aromatic rings. The molecule has 6 rings (SSSR count). The van der Waals surface area contributed by atoms with Crippen molar-refractivity contribution in [3.05, 3.63) is 101 Å². The van der Waals surface area contributed by atoms with E-state index < -0.39 is 0 Å². The van der Waals surface area contributed by atoms with Crippen LogP contribution in [0.1, 0.15) is 5.56 Å². The van der Waals surface area contributed by atoms with Gasteiger partial charge in [0.05, 0.1) is 12.7 Å². The van der Waals surface area contributed by atoms with E-state index in [4.69, 9.17) is 9.47 Å². The van der Waals surface area contributed by atoms with Crippen LogP contribution in [0.15, 0.2) is 95.8 Å². The lowest BCUT2D eigenvalue weighted by Gasteiger charge is -2.15. The minimum absolute atomic E-state index is 0.473. The molecule has 0 fully saturated rings. The SMILES string of the molecule is COc1ccc2ccc(COc3ccc4ccccc4c3-c3cccs3)cc2c1-c1nccs1. The van der Waals surface area contributed by atoms with Gasteiger partial charge in [0.1, 0.15) is 23.1 Å². The third-order valence-corrected chi connectivity index (χ3v) is 7.64. The number of hydrogen-bond acceptors (Lipinski definition) is 5. The summed E-state index contributed by atoms with van der Waals surface area (Å²) in [6, 6.07) is 27.5. The standard InChI is InChI=1S/C29H21NO2S2/c1-31-24-12-10-21-9-8-19(17-23(21)28(24)29-30-14-16-34-29)18-32-25-13-11-20-5-2-3-6-22(20)27(25)26-7-4-15-33-26/h2-17H,18H2,1H3. The Bertz CT molecular complexity index is 1590. The summed E-state index contributed by atoms with van der Waals surface area (Å²) in [4.78, 5) is 5.76. The number of fused-ring (bicyclic) bond motifs is 2. The molecule has 2 heterocycles. The Morgan fingerprint density at radius 2 is 1.56 bits per heavy atom. The summed E-state index contributed by atoms with van der Waals surface area (Å²) >= 11 is 3.35. The van der Waals surface area contributed by atoms with Crippen LogP contribution in [0.4, 0.5) is 0 Å². The molecule has 0 amide bonds. The maximum absolute atomic E-state index is 6.45. The van der Waals surface area contributed by atoms with Crippen LogP contribution in [0.5, 0.6) is 11.5 Å². The first-order valence-electron chi connectivity index (χ1n) is 11.0. The number of thiazole rings is 1. The first-order chi connectivity index (χ1) is 16.8. The maximum Gasteiger partial charge on any atom is 0.129 e. The summed E-state index contributed by atoms with van der Waals surface area (Å²) in [5, 5.41) is 9.74. The number of hydrogen-bond donors (Lipinski definition) is 0. The first kappa shape index (κ1) is 20.9. The maximum atomic E-state index is 6.45. The van der Waals surface area contributed by atoms with Gasteiger partial charge in [-0.2, -0.15) is 0 Å². The van der Waals surface area contributed by atoms with E-state index in [9.17, 15) is 0 Å². The second kappa shape index (κ2) is 8.93. The fraction of sp³-hybridized carbons (Fsp3) is 0.0690. The summed E-state index contributed by atoms with van der Waals surface area (Å²) in [6.45, 7) is 0.473. The molecule has 0 radical (unpaired) electrons. The van der Waals surface area contributed by atoms with Gasteiger partial charge in [0.2, 0.25) is 0 Å². The lowest BCUT2D eigenvalue weighted by molar-refractivity contribution is 0.308. The number of thiophene rings is 1. The highest BCUT2D eigenvalue weighted by atomic mass is 32.1. The predicted molar refractivity (Wildman–Crippen MR) is 143 cm³/mol. The molecule has 0 aliphatic carbocycles. The van der Waals surface area contributed by atoms with Gasteiger partial charge in [-0.05, 0) is 56.8 Å². The van der Waals surface area contributed by atoms with Crippen LogP contribution in [-0.2, 0) is 6.61 Å². The van der Waals surface area contributed by atoms with E-state index in [0.29, 0.717) is 6.61 Å². The zero-order valence-corrected chi connectivity index (χ0v) is 20.2. The molecule has 0 aliphatic rings. The van der Waals surface area contributed by atoms with Crippen molar-refractivity contribution in [1.29, 1.82) is 0 Å². The molecular formula is C29H21NO2S2. The van der Waals surface area contributed by atoms with Crippen LogP contribution in [-0.4, -0.2) is 12.1 Å². The van der Waals surface area contributed by atoms with Crippen molar-refractivity contribution in [3.8, 4) is 32.5 Å². The topological polar surface area (TPSA) is 31.4 Å². The van der Waals surface area contributed by atoms with Crippen molar-refractivity contribution in [1.82, 2.24) is 4.98 Å². The van der Waals surface area contributed by atoms with Gasteiger partial charge in [-0.1, -0.05) is 54.6 Å². The van der Waals surface area contributed by atoms with Crippen molar-refractivity contribution in [2.45, 2.75) is 6.61 Å². The van der Waals surface area contributed by atoms with Gasteiger partial charge < -0.3 is 9.47 Å². The average Bonchev–Trinajstić information content (AvgIpc) is 3.61. The third-order valence-electron chi connectivity index (χ3n) is 5.97. The molecule has 3 nitrogen and oxygen atoms in total. The van der Waals surface area contributed by atoms with Crippen molar-refractivity contribution >= 4 is 44.2 Å². The summed E-state index contributed by atoms with van der Waals surface area (Å²) in [5.74, 6) is 1.72. The van der Waals surface area contributed by atoms with Crippen LogP contribution in [0.3, 0.4) is 0 Å². The molecule has 4 aromatic carbocycles. The van der Waals surface area contributed by atoms with Crippen LogP contribution in [0, 0.1) is 0 Å². The molecule has 166 valence electrons. The molecule has 0 aliphatic heterocycles. The van der Waals surface area contributed by atoms with Crippen LogP contribution in [0.2, 0.25) is 0 Å². The fourth-order valence-corrected chi connectivity index (χ4v) is 5.87. The molecule has 34 heavy (non-hydrogen) atoms. The van der Waals surface area contributed by atoms with Crippen molar-refractivity contribution in [2.75, 3.05) is 7.11 Å². The molecule has 0 bridgehead atoms. The Labute approximate surface area is 205 Å². The smallest absolute Gasteiger partial charge is 0.129 e. The molecule has 0 unspecified atom stereocenters. The minimum atomic E-state index is 0.473. The predicted octanol–water partition coefficient (Wildman–Crippen LogP) is 8.43. The number of rotatable bonds is 6. The van der Waals surface area contributed by atoms with Crippen molar-refractivity contribution in [2.24, 2.45) is 0 Å². The molecule has 5 heteroatoms. The highest BCUT2D eigenvalue weighted by Gasteiger charge is 2.15. The molecule has 2 aromatic heterocycles. The minimum Gasteiger partial charge on any atom is -0.496 e. The van der Waals surface area contributed by atoms with E-state index in [0.717, 1.165) is 44.0 Å². The number of nitrogens with zero attached hydrogens (tertiary/aromatic N) is 1. The van der Waals surface area contributed by atoms with Crippen LogP contribution >= 0.6 is 22.7 Å². The summed E-state index contributed by atoms with van der Waals surface area (Å²) in [6.07, 6.45) is 1.83. The van der Waals surface area contributed by atoms with E-state index in [1.165, 1.54) is 15.6 Å². The molecule has 0 spiro atoms. The van der Waals surface area contributed by atoms with E-state index in [-0.39, 0.29) is 0 Å². The van der Waals surface area contributed by atoms with Gasteiger partial charge >= 0.3 is 0 Å². The number of benzene rings is 4. The normalized spacial score (nSPS) is 11.2.